The molecule has 0 spiro atoms. The van der Waals surface area contributed by atoms with Gasteiger partial charge >= 0.3 is 0 Å². The summed E-state index contributed by atoms with van der Waals surface area (Å²) in [6.45, 7) is 3.57. The van der Waals surface area contributed by atoms with Gasteiger partial charge in [0.1, 0.15) is 0 Å². The molecule has 0 atom stereocenters. The average Bonchev–Trinajstić information content (AvgIpc) is 2.39. The zero-order valence-electron chi connectivity index (χ0n) is 10.7. The number of nitrogens with one attached hydrogen (secondary N) is 1. The maximum absolute atomic E-state index is 11.9. The van der Waals surface area contributed by atoms with Crippen molar-refractivity contribution in [2.45, 2.75) is 26.2 Å². The highest BCUT2D eigenvalue weighted by atomic mass is 16.5. The lowest BCUT2D eigenvalue weighted by atomic mass is 10.1. The topological polar surface area (TPSA) is 42.1 Å². The Bertz CT molecular complexity index is 560. The summed E-state index contributed by atoms with van der Waals surface area (Å²) in [5.41, 5.74) is 2.03. The van der Waals surface area contributed by atoms with Crippen LogP contribution in [0.15, 0.2) is 35.1 Å². The molecule has 1 aromatic carbocycles. The van der Waals surface area contributed by atoms with Crippen molar-refractivity contribution in [2.75, 3.05) is 13.2 Å². The van der Waals surface area contributed by atoms with Crippen molar-refractivity contribution >= 4 is 10.9 Å². The van der Waals surface area contributed by atoms with E-state index in [1.807, 2.05) is 31.2 Å². The molecule has 2 rings (SSSR count). The van der Waals surface area contributed by atoms with Crippen LogP contribution in [0.25, 0.3) is 10.9 Å². The minimum Gasteiger partial charge on any atom is -0.382 e. The van der Waals surface area contributed by atoms with Crippen molar-refractivity contribution in [3.8, 4) is 0 Å². The summed E-state index contributed by atoms with van der Waals surface area (Å²) in [4.78, 5) is 15.2. The van der Waals surface area contributed by atoms with E-state index in [1.54, 1.807) is 6.07 Å². The largest absolute Gasteiger partial charge is 0.382 e. The molecule has 3 heteroatoms. The number of hydrogen-bond acceptors (Lipinski definition) is 2. The van der Waals surface area contributed by atoms with Gasteiger partial charge in [0.2, 0.25) is 0 Å². The third-order valence-electron chi connectivity index (χ3n) is 2.98. The van der Waals surface area contributed by atoms with Gasteiger partial charge in [0, 0.05) is 35.9 Å². The molecule has 0 aliphatic heterocycles. The predicted octanol–water partition coefficient (Wildman–Crippen LogP) is 2.89. The normalized spacial score (nSPS) is 10.9. The Labute approximate surface area is 107 Å². The van der Waals surface area contributed by atoms with Gasteiger partial charge in [0.25, 0.3) is 0 Å². The molecule has 0 fully saturated rings. The molecule has 1 N–H and O–H groups in total. The number of aromatic amines is 1. The maximum Gasteiger partial charge on any atom is 0.189 e. The molecule has 0 saturated heterocycles. The van der Waals surface area contributed by atoms with Crippen LogP contribution in [0.2, 0.25) is 0 Å². The highest BCUT2D eigenvalue weighted by Crippen LogP contribution is 2.09. The standard InChI is InChI=1S/C15H19NO2/c1-2-18-10-6-5-7-12-11-15(17)13-8-3-4-9-14(13)16-12/h3-4,8-9,11H,2,5-7,10H2,1H3,(H,16,17). The van der Waals surface area contributed by atoms with Crippen molar-refractivity contribution in [3.05, 3.63) is 46.2 Å². The smallest absolute Gasteiger partial charge is 0.189 e. The van der Waals surface area contributed by atoms with Gasteiger partial charge in [0.15, 0.2) is 5.43 Å². The molecule has 1 heterocycles. The summed E-state index contributed by atoms with van der Waals surface area (Å²) in [5, 5.41) is 0.760. The second-order valence-corrected chi connectivity index (χ2v) is 4.36. The fourth-order valence-corrected chi connectivity index (χ4v) is 2.05. The Morgan fingerprint density at radius 2 is 2.06 bits per heavy atom. The number of ether oxygens (including phenoxy) is 1. The number of para-hydroxylation sites is 1. The van der Waals surface area contributed by atoms with Crippen LogP contribution in [0.4, 0.5) is 0 Å². The Hall–Kier alpha value is -1.61. The minimum absolute atomic E-state index is 0.101. The molecular formula is C15H19NO2. The van der Waals surface area contributed by atoms with E-state index in [1.165, 1.54) is 0 Å². The van der Waals surface area contributed by atoms with Crippen molar-refractivity contribution in [2.24, 2.45) is 0 Å². The fourth-order valence-electron chi connectivity index (χ4n) is 2.05. The molecule has 0 saturated carbocycles. The van der Waals surface area contributed by atoms with E-state index in [4.69, 9.17) is 4.74 Å². The number of rotatable bonds is 6. The lowest BCUT2D eigenvalue weighted by Crippen LogP contribution is -2.05. The quantitative estimate of drug-likeness (QED) is 0.795. The van der Waals surface area contributed by atoms with Crippen LogP contribution < -0.4 is 5.43 Å². The number of hydrogen-bond donors (Lipinski definition) is 1. The van der Waals surface area contributed by atoms with Crippen molar-refractivity contribution in [1.82, 2.24) is 4.98 Å². The van der Waals surface area contributed by atoms with E-state index in [0.29, 0.717) is 0 Å². The second kappa shape index (κ2) is 6.36. The first-order valence-corrected chi connectivity index (χ1v) is 6.50. The highest BCUT2D eigenvalue weighted by molar-refractivity contribution is 5.78. The van der Waals surface area contributed by atoms with Crippen LogP contribution in [-0.2, 0) is 11.2 Å². The van der Waals surface area contributed by atoms with E-state index in [0.717, 1.165) is 49.1 Å². The van der Waals surface area contributed by atoms with Gasteiger partial charge in [-0.15, -0.1) is 0 Å². The predicted molar refractivity (Wildman–Crippen MR) is 74.0 cm³/mol. The maximum atomic E-state index is 11.9. The molecule has 2 aromatic rings. The van der Waals surface area contributed by atoms with Gasteiger partial charge in [-0.2, -0.15) is 0 Å². The van der Waals surface area contributed by atoms with Crippen molar-refractivity contribution in [1.29, 1.82) is 0 Å². The first-order chi connectivity index (χ1) is 8.81. The van der Waals surface area contributed by atoms with Gasteiger partial charge in [-0.25, -0.2) is 0 Å². The molecule has 0 amide bonds. The summed E-state index contributed by atoms with van der Waals surface area (Å²) in [5.74, 6) is 0. The molecule has 1 aromatic heterocycles. The minimum atomic E-state index is 0.101. The van der Waals surface area contributed by atoms with E-state index < -0.39 is 0 Å². The van der Waals surface area contributed by atoms with Crippen molar-refractivity contribution < 1.29 is 4.74 Å². The lowest BCUT2D eigenvalue weighted by Gasteiger charge is -2.04. The van der Waals surface area contributed by atoms with Crippen LogP contribution >= 0.6 is 0 Å². The van der Waals surface area contributed by atoms with Crippen LogP contribution in [0.3, 0.4) is 0 Å². The summed E-state index contributed by atoms with van der Waals surface area (Å²) in [6, 6.07) is 9.34. The number of unbranched alkanes of at least 4 members (excludes halogenated alkanes) is 1. The number of fused-ring (bicyclic) bond motifs is 1. The van der Waals surface area contributed by atoms with Gasteiger partial charge in [-0.05, 0) is 38.3 Å². The zero-order chi connectivity index (χ0) is 12.8. The zero-order valence-corrected chi connectivity index (χ0v) is 10.7. The summed E-state index contributed by atoms with van der Waals surface area (Å²) < 4.78 is 5.29. The molecule has 3 nitrogen and oxygen atoms in total. The summed E-state index contributed by atoms with van der Waals surface area (Å²) in [7, 11) is 0. The highest BCUT2D eigenvalue weighted by Gasteiger charge is 2.01. The summed E-state index contributed by atoms with van der Waals surface area (Å²) >= 11 is 0. The van der Waals surface area contributed by atoms with Gasteiger partial charge in [-0.1, -0.05) is 12.1 Å². The number of aryl methyl sites for hydroxylation is 1. The Kier molecular flexibility index (Phi) is 4.53. The first kappa shape index (κ1) is 12.8. The Morgan fingerprint density at radius 1 is 1.22 bits per heavy atom. The number of aromatic nitrogens is 1. The average molecular weight is 245 g/mol. The molecule has 0 radical (unpaired) electrons. The monoisotopic (exact) mass is 245 g/mol. The molecule has 0 bridgehead atoms. The van der Waals surface area contributed by atoms with Gasteiger partial charge < -0.3 is 9.72 Å². The van der Waals surface area contributed by atoms with Crippen LogP contribution in [0.1, 0.15) is 25.5 Å². The molecular weight excluding hydrogens is 226 g/mol. The first-order valence-electron chi connectivity index (χ1n) is 6.50. The van der Waals surface area contributed by atoms with Crippen LogP contribution in [-0.4, -0.2) is 18.2 Å². The molecule has 96 valence electrons. The van der Waals surface area contributed by atoms with Crippen LogP contribution in [0, 0.1) is 0 Å². The third-order valence-corrected chi connectivity index (χ3v) is 2.98. The fraction of sp³-hybridized carbons (Fsp3) is 0.400. The molecule has 0 unspecified atom stereocenters. The Balaban J connectivity index is 2.03. The number of H-pyrrole nitrogens is 1. The third kappa shape index (κ3) is 3.20. The molecule has 18 heavy (non-hydrogen) atoms. The number of pyridine rings is 1. The van der Waals surface area contributed by atoms with E-state index in [9.17, 15) is 4.79 Å². The van der Waals surface area contributed by atoms with Gasteiger partial charge in [0.05, 0.1) is 0 Å². The summed E-state index contributed by atoms with van der Waals surface area (Å²) in [6.07, 6.45) is 2.96. The lowest BCUT2D eigenvalue weighted by molar-refractivity contribution is 0.143. The number of benzene rings is 1. The molecule has 0 aliphatic rings. The van der Waals surface area contributed by atoms with Gasteiger partial charge in [-0.3, -0.25) is 4.79 Å². The van der Waals surface area contributed by atoms with E-state index in [-0.39, 0.29) is 5.43 Å². The molecule has 0 aliphatic carbocycles. The SMILES string of the molecule is CCOCCCCc1cc(=O)c2ccccc2[nH]1. The second-order valence-electron chi connectivity index (χ2n) is 4.36. The van der Waals surface area contributed by atoms with Crippen molar-refractivity contribution in [3.63, 3.8) is 0 Å². The van der Waals surface area contributed by atoms with Crippen LogP contribution in [0.5, 0.6) is 0 Å². The van der Waals surface area contributed by atoms with E-state index >= 15 is 0 Å². The Morgan fingerprint density at radius 3 is 2.89 bits per heavy atom. The van der Waals surface area contributed by atoms with E-state index in [2.05, 4.69) is 4.98 Å².